The highest BCUT2D eigenvalue weighted by atomic mass is 127. The summed E-state index contributed by atoms with van der Waals surface area (Å²) < 4.78 is 3.59. The van der Waals surface area contributed by atoms with Gasteiger partial charge in [0.1, 0.15) is 16.4 Å². The van der Waals surface area contributed by atoms with Gasteiger partial charge in [-0.3, -0.25) is 4.68 Å². The number of hydrogen-bond donors (Lipinski definition) is 0. The van der Waals surface area contributed by atoms with E-state index < -0.39 is 0 Å². The van der Waals surface area contributed by atoms with Crippen LogP contribution in [0.4, 0.5) is 0 Å². The molecule has 3 aromatic rings. The van der Waals surface area contributed by atoms with Crippen LogP contribution in [-0.2, 0) is 7.05 Å². The number of aryl methyl sites for hydroxylation is 1. The van der Waals surface area contributed by atoms with E-state index in [-0.39, 0.29) is 5.28 Å². The molecular weight excluding hydrogens is 430 g/mol. The van der Waals surface area contributed by atoms with Gasteiger partial charge in [-0.2, -0.15) is 15.2 Å². The Morgan fingerprint density at radius 1 is 1.35 bits per heavy atom. The zero-order chi connectivity index (χ0) is 14.3. The maximum absolute atomic E-state index is 6.00. The maximum atomic E-state index is 6.00. The molecule has 0 aliphatic carbocycles. The van der Waals surface area contributed by atoms with Crippen LogP contribution in [0.5, 0.6) is 0 Å². The van der Waals surface area contributed by atoms with E-state index in [9.17, 15) is 0 Å². The SMILES string of the molecule is CSc1nc(Cl)nc2c1c(-c1ccn(C)n1)nn2PI. The van der Waals surface area contributed by atoms with Gasteiger partial charge < -0.3 is 0 Å². The van der Waals surface area contributed by atoms with Gasteiger partial charge in [-0.15, -0.1) is 11.8 Å². The molecule has 3 heterocycles. The molecule has 0 aliphatic heterocycles. The number of aromatic nitrogens is 6. The Bertz CT molecular complexity index is 787. The third kappa shape index (κ3) is 2.43. The van der Waals surface area contributed by atoms with Crippen molar-refractivity contribution in [1.29, 1.82) is 0 Å². The molecule has 0 amide bonds. The van der Waals surface area contributed by atoms with Crippen molar-refractivity contribution in [3.8, 4) is 11.4 Å². The van der Waals surface area contributed by atoms with E-state index in [1.54, 1.807) is 4.68 Å². The molecule has 6 nitrogen and oxygen atoms in total. The molecular formula is C10H9ClIN6PS. The first-order valence-corrected chi connectivity index (χ1v) is 11.2. The fourth-order valence-electron chi connectivity index (χ4n) is 1.89. The molecule has 20 heavy (non-hydrogen) atoms. The van der Waals surface area contributed by atoms with Crippen LogP contribution in [0.2, 0.25) is 5.28 Å². The van der Waals surface area contributed by atoms with Crippen LogP contribution in [0.1, 0.15) is 0 Å². The van der Waals surface area contributed by atoms with Crippen LogP contribution in [-0.4, -0.2) is 35.6 Å². The first-order chi connectivity index (χ1) is 9.63. The quantitative estimate of drug-likeness (QED) is 0.206. The van der Waals surface area contributed by atoms with E-state index >= 15 is 0 Å². The predicted octanol–water partition coefficient (Wildman–Crippen LogP) is 3.39. The van der Waals surface area contributed by atoms with Crippen LogP contribution < -0.4 is 0 Å². The summed E-state index contributed by atoms with van der Waals surface area (Å²) in [5.74, 6) is 0. The van der Waals surface area contributed by atoms with Crippen LogP contribution in [0.25, 0.3) is 22.4 Å². The van der Waals surface area contributed by atoms with E-state index in [0.717, 1.165) is 27.4 Å². The smallest absolute Gasteiger partial charge is 0.225 e. The molecule has 0 fully saturated rings. The van der Waals surface area contributed by atoms with Gasteiger partial charge in [0.2, 0.25) is 5.28 Å². The second-order valence-corrected chi connectivity index (χ2v) is 7.09. The molecule has 0 saturated heterocycles. The van der Waals surface area contributed by atoms with Gasteiger partial charge in [-0.25, -0.2) is 9.44 Å². The van der Waals surface area contributed by atoms with E-state index in [4.69, 9.17) is 11.6 Å². The predicted molar refractivity (Wildman–Crippen MR) is 92.0 cm³/mol. The van der Waals surface area contributed by atoms with Crippen LogP contribution >= 0.6 is 51.8 Å². The zero-order valence-corrected chi connectivity index (χ0v) is 15.2. The lowest BCUT2D eigenvalue weighted by molar-refractivity contribution is 0.769. The van der Waals surface area contributed by atoms with Crippen molar-refractivity contribution in [2.24, 2.45) is 7.05 Å². The minimum atomic E-state index is 0.241. The number of thioether (sulfide) groups is 1. The minimum absolute atomic E-state index is 0.241. The second kappa shape index (κ2) is 5.75. The van der Waals surface area contributed by atoms with E-state index in [0.29, 0.717) is 6.37 Å². The Morgan fingerprint density at radius 3 is 2.75 bits per heavy atom. The summed E-state index contributed by atoms with van der Waals surface area (Å²) in [6.07, 6.45) is 4.29. The largest absolute Gasteiger partial charge is 0.275 e. The first kappa shape index (κ1) is 14.5. The highest BCUT2D eigenvalue weighted by Gasteiger charge is 2.20. The average Bonchev–Trinajstić information content (AvgIpc) is 3.01. The fourth-order valence-corrected chi connectivity index (χ4v) is 4.06. The molecule has 3 rings (SSSR count). The van der Waals surface area contributed by atoms with Crippen molar-refractivity contribution in [3.05, 3.63) is 17.5 Å². The molecule has 0 N–H and O–H groups in total. The summed E-state index contributed by atoms with van der Waals surface area (Å²) >= 11 is 9.79. The first-order valence-electron chi connectivity index (χ1n) is 5.51. The molecule has 0 saturated carbocycles. The van der Waals surface area contributed by atoms with Crippen LogP contribution in [0.3, 0.4) is 0 Å². The molecule has 104 valence electrons. The summed E-state index contributed by atoms with van der Waals surface area (Å²) in [5, 5.41) is 11.0. The molecule has 3 aromatic heterocycles. The summed E-state index contributed by atoms with van der Waals surface area (Å²) in [6, 6.07) is 1.93. The standard InChI is InChI=1S/C10H9ClIN6PS/c1-17-4-3-5(15-17)7-6-8(18(16-7)19-12)13-10(11)14-9(6)20-2/h3-4,19H,1-2H3. The summed E-state index contributed by atoms with van der Waals surface area (Å²) in [5.41, 5.74) is 2.36. The normalized spacial score (nSPS) is 12.0. The Hall–Kier alpha value is -0.440. The number of rotatable bonds is 3. The molecule has 0 radical (unpaired) electrons. The van der Waals surface area contributed by atoms with E-state index in [1.165, 1.54) is 11.8 Å². The summed E-state index contributed by atoms with van der Waals surface area (Å²) in [6.45, 7) is 0. The molecule has 10 heteroatoms. The summed E-state index contributed by atoms with van der Waals surface area (Å²) in [4.78, 5) is 8.61. The van der Waals surface area contributed by atoms with E-state index in [2.05, 4.69) is 42.2 Å². The average molecular weight is 439 g/mol. The van der Waals surface area contributed by atoms with Gasteiger partial charge in [-0.1, -0.05) is 0 Å². The molecule has 0 spiro atoms. The number of nitrogens with zero attached hydrogens (tertiary/aromatic N) is 6. The second-order valence-electron chi connectivity index (χ2n) is 3.92. The third-order valence-corrected chi connectivity index (χ3v) is 5.39. The van der Waals surface area contributed by atoms with Crippen LogP contribution in [0.15, 0.2) is 17.3 Å². The van der Waals surface area contributed by atoms with Crippen molar-refractivity contribution in [3.63, 3.8) is 0 Å². The lowest BCUT2D eigenvalue weighted by atomic mass is 10.2. The van der Waals surface area contributed by atoms with Gasteiger partial charge in [-0.05, 0) is 46.0 Å². The van der Waals surface area contributed by atoms with Gasteiger partial charge in [0.15, 0.2) is 5.65 Å². The van der Waals surface area contributed by atoms with Crippen molar-refractivity contribution >= 4 is 62.8 Å². The third-order valence-electron chi connectivity index (χ3n) is 2.70. The Labute approximate surface area is 139 Å². The minimum Gasteiger partial charge on any atom is -0.275 e. The molecule has 0 aliphatic rings. The van der Waals surface area contributed by atoms with Gasteiger partial charge >= 0.3 is 0 Å². The number of halogens is 2. The van der Waals surface area contributed by atoms with Crippen molar-refractivity contribution in [2.75, 3.05) is 6.26 Å². The lowest BCUT2D eigenvalue weighted by Crippen LogP contribution is -1.91. The van der Waals surface area contributed by atoms with Crippen molar-refractivity contribution in [1.82, 2.24) is 29.3 Å². The van der Waals surface area contributed by atoms with Crippen molar-refractivity contribution in [2.45, 2.75) is 5.03 Å². The number of hydrogen-bond acceptors (Lipinski definition) is 5. The monoisotopic (exact) mass is 438 g/mol. The van der Waals surface area contributed by atoms with Gasteiger partial charge in [0.25, 0.3) is 0 Å². The highest BCUT2D eigenvalue weighted by molar-refractivity contribution is 14.2. The fraction of sp³-hybridized carbons (Fsp3) is 0.200. The van der Waals surface area contributed by atoms with Crippen LogP contribution in [0, 0.1) is 0 Å². The Balaban J connectivity index is 2.37. The molecule has 0 bridgehead atoms. The van der Waals surface area contributed by atoms with Gasteiger partial charge in [0.05, 0.1) is 11.8 Å². The zero-order valence-electron chi connectivity index (χ0n) is 10.5. The number of fused-ring (bicyclic) bond motifs is 1. The molecule has 1 atom stereocenters. The van der Waals surface area contributed by atoms with Gasteiger partial charge in [0, 0.05) is 13.2 Å². The van der Waals surface area contributed by atoms with Crippen molar-refractivity contribution < 1.29 is 0 Å². The Morgan fingerprint density at radius 2 is 2.15 bits per heavy atom. The summed E-state index contributed by atoms with van der Waals surface area (Å²) in [7, 11) is 1.88. The molecule has 0 aromatic carbocycles. The molecule has 1 unspecified atom stereocenters. The Kier molecular flexibility index (Phi) is 4.16. The van der Waals surface area contributed by atoms with E-state index in [1.807, 2.05) is 30.0 Å². The maximum Gasteiger partial charge on any atom is 0.225 e. The highest BCUT2D eigenvalue weighted by Crippen LogP contribution is 2.37. The lowest BCUT2D eigenvalue weighted by Gasteiger charge is -2.00. The topological polar surface area (TPSA) is 61.4 Å².